The topological polar surface area (TPSA) is 15.7 Å². The fourth-order valence-electron chi connectivity index (χ4n) is 1.06. The molecule has 0 aliphatic carbocycles. The molecule has 0 atom stereocenters. The molecule has 0 aromatic carbocycles. The maximum Gasteiger partial charge on any atom is 0.0593 e. The van der Waals surface area contributed by atoms with Gasteiger partial charge in [0.05, 0.1) is 13.2 Å². The Kier molecular flexibility index (Phi) is 8.40. The minimum absolute atomic E-state index is 0.840. The predicted molar refractivity (Wildman–Crippen MR) is 57.2 cm³/mol. The average Bonchev–Trinajstić information content (AvgIpc) is 2.03. The monoisotopic (exact) mass is 188 g/mol. The zero-order valence-corrected chi connectivity index (χ0v) is 9.55. The average molecular weight is 188 g/mol. The summed E-state index contributed by atoms with van der Waals surface area (Å²) in [5.41, 5.74) is 0. The van der Waals surface area contributed by atoms with Crippen molar-refractivity contribution in [1.82, 2.24) is 9.80 Å². The molecule has 0 aromatic heterocycles. The molecule has 3 heteroatoms. The van der Waals surface area contributed by atoms with E-state index in [0.29, 0.717) is 0 Å². The first-order chi connectivity index (χ1) is 6.16. The summed E-state index contributed by atoms with van der Waals surface area (Å²) >= 11 is 0. The van der Waals surface area contributed by atoms with Crippen LogP contribution in [-0.2, 0) is 4.74 Å². The summed E-state index contributed by atoms with van der Waals surface area (Å²) in [6, 6.07) is 0. The number of likely N-dealkylation sites (N-methyl/N-ethyl adjacent to an activating group) is 2. The lowest BCUT2D eigenvalue weighted by Crippen LogP contribution is -2.25. The molecule has 0 N–H and O–H groups in total. The summed E-state index contributed by atoms with van der Waals surface area (Å²) in [5.74, 6) is 0. The van der Waals surface area contributed by atoms with Crippen LogP contribution in [0.15, 0.2) is 0 Å². The quantitative estimate of drug-likeness (QED) is 0.527. The number of rotatable bonds is 8. The molecule has 0 bridgehead atoms. The molecule has 0 spiro atoms. The lowest BCUT2D eigenvalue weighted by molar-refractivity contribution is 0.0988. The minimum Gasteiger partial charge on any atom is -0.379 e. The second kappa shape index (κ2) is 8.48. The van der Waals surface area contributed by atoms with E-state index in [1.165, 1.54) is 6.42 Å². The van der Waals surface area contributed by atoms with Crippen LogP contribution < -0.4 is 0 Å². The van der Waals surface area contributed by atoms with Crippen LogP contribution in [0.5, 0.6) is 0 Å². The first kappa shape index (κ1) is 12.9. The van der Waals surface area contributed by atoms with Gasteiger partial charge >= 0.3 is 0 Å². The van der Waals surface area contributed by atoms with Crippen LogP contribution in [0, 0.1) is 0 Å². The van der Waals surface area contributed by atoms with Gasteiger partial charge in [-0.25, -0.2) is 0 Å². The Morgan fingerprint density at radius 2 is 1.54 bits per heavy atom. The van der Waals surface area contributed by atoms with Crippen LogP contribution in [0.3, 0.4) is 0 Å². The van der Waals surface area contributed by atoms with Crippen LogP contribution in [0.25, 0.3) is 0 Å². The molecule has 13 heavy (non-hydrogen) atoms. The predicted octanol–water partition coefficient (Wildman–Crippen LogP) is 0.906. The third-order valence-electron chi connectivity index (χ3n) is 1.91. The molecule has 0 radical (unpaired) electrons. The van der Waals surface area contributed by atoms with E-state index in [4.69, 9.17) is 4.74 Å². The summed E-state index contributed by atoms with van der Waals surface area (Å²) in [6.45, 7) is 7.11. The Hall–Kier alpha value is -0.120. The lowest BCUT2D eigenvalue weighted by Gasteiger charge is -2.15. The second-order valence-corrected chi connectivity index (χ2v) is 3.72. The van der Waals surface area contributed by atoms with E-state index in [9.17, 15) is 0 Å². The largest absolute Gasteiger partial charge is 0.379 e. The smallest absolute Gasteiger partial charge is 0.0593 e. The van der Waals surface area contributed by atoms with Crippen molar-refractivity contribution in [2.45, 2.75) is 13.3 Å². The van der Waals surface area contributed by atoms with Gasteiger partial charge in [-0.15, -0.1) is 0 Å². The fourth-order valence-corrected chi connectivity index (χ4v) is 1.06. The van der Waals surface area contributed by atoms with E-state index in [2.05, 4.69) is 37.9 Å². The SMILES string of the molecule is CCCN(C)CCOCCN(C)C. The van der Waals surface area contributed by atoms with E-state index in [1.54, 1.807) is 0 Å². The highest BCUT2D eigenvalue weighted by atomic mass is 16.5. The molecule has 0 amide bonds. The van der Waals surface area contributed by atoms with Crippen molar-refractivity contribution in [3.8, 4) is 0 Å². The first-order valence-electron chi connectivity index (χ1n) is 5.07. The van der Waals surface area contributed by atoms with Crippen LogP contribution in [0.2, 0.25) is 0 Å². The molecule has 80 valence electrons. The van der Waals surface area contributed by atoms with Gasteiger partial charge in [-0.2, -0.15) is 0 Å². The normalized spacial score (nSPS) is 11.5. The number of nitrogens with zero attached hydrogens (tertiary/aromatic N) is 2. The van der Waals surface area contributed by atoms with Crippen molar-refractivity contribution in [2.75, 3.05) is 54.0 Å². The Morgan fingerprint density at radius 1 is 0.923 bits per heavy atom. The highest BCUT2D eigenvalue weighted by Crippen LogP contribution is 1.86. The molecule has 0 aliphatic heterocycles. The summed E-state index contributed by atoms with van der Waals surface area (Å²) in [6.07, 6.45) is 1.22. The van der Waals surface area contributed by atoms with Crippen LogP contribution in [0.4, 0.5) is 0 Å². The molecule has 0 unspecified atom stereocenters. The third kappa shape index (κ3) is 9.80. The Morgan fingerprint density at radius 3 is 2.08 bits per heavy atom. The van der Waals surface area contributed by atoms with E-state index < -0.39 is 0 Å². The lowest BCUT2D eigenvalue weighted by atomic mass is 10.4. The van der Waals surface area contributed by atoms with Crippen molar-refractivity contribution in [3.63, 3.8) is 0 Å². The molecule has 0 saturated heterocycles. The van der Waals surface area contributed by atoms with Crippen LogP contribution in [0.1, 0.15) is 13.3 Å². The van der Waals surface area contributed by atoms with Crippen LogP contribution in [-0.4, -0.2) is 63.8 Å². The molecular formula is C10H24N2O. The van der Waals surface area contributed by atoms with E-state index in [1.807, 2.05) is 0 Å². The van der Waals surface area contributed by atoms with E-state index >= 15 is 0 Å². The molecule has 0 saturated carbocycles. The van der Waals surface area contributed by atoms with Gasteiger partial charge in [0.25, 0.3) is 0 Å². The molecule has 0 rings (SSSR count). The fraction of sp³-hybridized carbons (Fsp3) is 1.00. The molecule has 0 heterocycles. The standard InChI is InChI=1S/C10H24N2O/c1-5-6-12(4)8-10-13-9-7-11(2)3/h5-10H2,1-4H3. The van der Waals surface area contributed by atoms with Gasteiger partial charge < -0.3 is 14.5 Å². The van der Waals surface area contributed by atoms with Gasteiger partial charge in [-0.1, -0.05) is 6.92 Å². The van der Waals surface area contributed by atoms with Gasteiger partial charge in [0.15, 0.2) is 0 Å². The van der Waals surface area contributed by atoms with Gasteiger partial charge in [0.1, 0.15) is 0 Å². The maximum atomic E-state index is 5.48. The zero-order chi connectivity index (χ0) is 10.1. The van der Waals surface area contributed by atoms with Crippen molar-refractivity contribution >= 4 is 0 Å². The molecule has 0 aliphatic rings. The summed E-state index contributed by atoms with van der Waals surface area (Å²) in [4.78, 5) is 4.44. The minimum atomic E-state index is 0.840. The van der Waals surface area contributed by atoms with Crippen molar-refractivity contribution in [2.24, 2.45) is 0 Å². The zero-order valence-electron chi connectivity index (χ0n) is 9.55. The number of hydrogen-bond acceptors (Lipinski definition) is 3. The summed E-state index contributed by atoms with van der Waals surface area (Å²) in [7, 11) is 6.26. The Bertz CT molecular complexity index is 107. The Balaban J connectivity index is 3.06. The second-order valence-electron chi connectivity index (χ2n) is 3.72. The van der Waals surface area contributed by atoms with Crippen molar-refractivity contribution in [3.05, 3.63) is 0 Å². The summed E-state index contributed by atoms with van der Waals surface area (Å²) < 4.78 is 5.48. The van der Waals surface area contributed by atoms with Gasteiger partial charge in [0, 0.05) is 13.1 Å². The molecule has 0 aromatic rings. The van der Waals surface area contributed by atoms with Gasteiger partial charge in [-0.05, 0) is 34.1 Å². The van der Waals surface area contributed by atoms with E-state index in [-0.39, 0.29) is 0 Å². The molecule has 3 nitrogen and oxygen atoms in total. The van der Waals surface area contributed by atoms with Gasteiger partial charge in [0.2, 0.25) is 0 Å². The maximum absolute atomic E-state index is 5.48. The highest BCUT2D eigenvalue weighted by Gasteiger charge is 1.96. The van der Waals surface area contributed by atoms with Crippen molar-refractivity contribution < 1.29 is 4.74 Å². The molecular weight excluding hydrogens is 164 g/mol. The highest BCUT2D eigenvalue weighted by molar-refractivity contribution is 4.48. The first-order valence-corrected chi connectivity index (χ1v) is 5.07. The molecule has 0 fully saturated rings. The van der Waals surface area contributed by atoms with Crippen LogP contribution >= 0.6 is 0 Å². The van der Waals surface area contributed by atoms with Gasteiger partial charge in [-0.3, -0.25) is 0 Å². The number of ether oxygens (including phenoxy) is 1. The number of hydrogen-bond donors (Lipinski definition) is 0. The Labute approximate surface area is 82.7 Å². The van der Waals surface area contributed by atoms with Crippen molar-refractivity contribution in [1.29, 1.82) is 0 Å². The third-order valence-corrected chi connectivity index (χ3v) is 1.91. The van der Waals surface area contributed by atoms with E-state index in [0.717, 1.165) is 32.8 Å². The summed E-state index contributed by atoms with van der Waals surface area (Å²) in [5, 5.41) is 0.